The molecule has 0 bridgehead atoms. The van der Waals surface area contributed by atoms with E-state index in [1.807, 2.05) is 28.9 Å². The van der Waals surface area contributed by atoms with Gasteiger partial charge in [0, 0.05) is 28.7 Å². The molecular formula is C12H9ClN2S. The fraction of sp³-hybridized carbons (Fsp3) is 0.0833. The van der Waals surface area contributed by atoms with Gasteiger partial charge in [-0.15, -0.1) is 11.3 Å². The normalized spacial score (nSPS) is 11.1. The Morgan fingerprint density at radius 1 is 1.38 bits per heavy atom. The number of rotatable bonds is 2. The van der Waals surface area contributed by atoms with Crippen LogP contribution in [0, 0.1) is 0 Å². The molecule has 0 fully saturated rings. The van der Waals surface area contributed by atoms with Gasteiger partial charge in [0.25, 0.3) is 0 Å². The van der Waals surface area contributed by atoms with Crippen molar-refractivity contribution in [3.05, 3.63) is 57.6 Å². The Hall–Kier alpha value is -1.32. The molecule has 0 saturated carbocycles. The average molecular weight is 249 g/mol. The van der Waals surface area contributed by atoms with Crippen molar-refractivity contribution in [2.75, 3.05) is 0 Å². The Bertz CT molecular complexity index is 613. The monoisotopic (exact) mass is 248 g/mol. The summed E-state index contributed by atoms with van der Waals surface area (Å²) >= 11 is 7.67. The molecule has 2 nitrogen and oxygen atoms in total. The molecule has 0 radical (unpaired) electrons. The van der Waals surface area contributed by atoms with E-state index < -0.39 is 0 Å². The summed E-state index contributed by atoms with van der Waals surface area (Å²) in [6, 6.07) is 7.93. The third kappa shape index (κ3) is 1.84. The largest absolute Gasteiger partial charge is 0.307 e. The zero-order valence-corrected chi connectivity index (χ0v) is 10.0. The Morgan fingerprint density at radius 3 is 3.12 bits per heavy atom. The van der Waals surface area contributed by atoms with E-state index in [0.29, 0.717) is 0 Å². The van der Waals surface area contributed by atoms with Gasteiger partial charge in [0.2, 0.25) is 0 Å². The number of hydrogen-bond acceptors (Lipinski definition) is 2. The maximum Gasteiger partial charge on any atom is 0.138 e. The van der Waals surface area contributed by atoms with Gasteiger partial charge in [-0.1, -0.05) is 17.7 Å². The van der Waals surface area contributed by atoms with E-state index in [2.05, 4.69) is 22.5 Å². The zero-order chi connectivity index (χ0) is 11.0. The van der Waals surface area contributed by atoms with Gasteiger partial charge < -0.3 is 4.40 Å². The van der Waals surface area contributed by atoms with Crippen LogP contribution in [-0.4, -0.2) is 9.38 Å². The maximum absolute atomic E-state index is 5.92. The summed E-state index contributed by atoms with van der Waals surface area (Å²) in [5.41, 5.74) is 1.98. The van der Waals surface area contributed by atoms with Crippen molar-refractivity contribution in [1.29, 1.82) is 0 Å². The number of hydrogen-bond donors (Lipinski definition) is 0. The van der Waals surface area contributed by atoms with Crippen molar-refractivity contribution in [3.8, 4) is 0 Å². The van der Waals surface area contributed by atoms with Crippen LogP contribution >= 0.6 is 22.9 Å². The minimum absolute atomic E-state index is 0.723. The molecule has 4 heteroatoms. The van der Waals surface area contributed by atoms with Crippen LogP contribution < -0.4 is 0 Å². The highest BCUT2D eigenvalue weighted by molar-refractivity contribution is 7.09. The molecule has 0 N–H and O–H groups in total. The lowest BCUT2D eigenvalue weighted by molar-refractivity contribution is 1.14. The van der Waals surface area contributed by atoms with E-state index in [-0.39, 0.29) is 0 Å². The van der Waals surface area contributed by atoms with Crippen LogP contribution in [0.1, 0.15) is 10.6 Å². The fourth-order valence-electron chi connectivity index (χ4n) is 1.69. The lowest BCUT2D eigenvalue weighted by Crippen LogP contribution is -1.82. The molecular weight excluding hydrogens is 240 g/mol. The molecule has 3 aromatic heterocycles. The van der Waals surface area contributed by atoms with E-state index in [1.54, 1.807) is 11.3 Å². The van der Waals surface area contributed by atoms with Crippen LogP contribution in [0.5, 0.6) is 0 Å². The molecule has 0 spiro atoms. The lowest BCUT2D eigenvalue weighted by atomic mass is 10.3. The summed E-state index contributed by atoms with van der Waals surface area (Å²) in [5.74, 6) is 0. The predicted octanol–water partition coefficient (Wildman–Crippen LogP) is 3.64. The summed E-state index contributed by atoms with van der Waals surface area (Å²) < 4.78 is 1.99. The second-order valence-electron chi connectivity index (χ2n) is 3.60. The molecule has 16 heavy (non-hydrogen) atoms. The SMILES string of the molecule is Clc1ccn2cc(Cc3cccs3)nc2c1. The van der Waals surface area contributed by atoms with E-state index >= 15 is 0 Å². The Labute approximate surface area is 102 Å². The summed E-state index contributed by atoms with van der Waals surface area (Å²) in [4.78, 5) is 5.86. The molecule has 0 aromatic carbocycles. The van der Waals surface area contributed by atoms with Gasteiger partial charge in [-0.2, -0.15) is 0 Å². The van der Waals surface area contributed by atoms with Gasteiger partial charge in [-0.25, -0.2) is 4.98 Å². The average Bonchev–Trinajstić information content (AvgIpc) is 2.86. The van der Waals surface area contributed by atoms with Crippen LogP contribution in [0.15, 0.2) is 42.0 Å². The van der Waals surface area contributed by atoms with Crippen molar-refractivity contribution in [1.82, 2.24) is 9.38 Å². The first-order valence-electron chi connectivity index (χ1n) is 4.97. The van der Waals surface area contributed by atoms with Crippen molar-refractivity contribution in [3.63, 3.8) is 0 Å². The number of thiophene rings is 1. The third-order valence-corrected chi connectivity index (χ3v) is 3.52. The standard InChI is InChI=1S/C12H9ClN2S/c13-9-3-4-15-8-10(14-12(15)6-9)7-11-2-1-5-16-11/h1-6,8H,7H2. The summed E-state index contributed by atoms with van der Waals surface area (Å²) in [6.45, 7) is 0. The summed E-state index contributed by atoms with van der Waals surface area (Å²) in [6.07, 6.45) is 4.87. The maximum atomic E-state index is 5.92. The van der Waals surface area contributed by atoms with Gasteiger partial charge >= 0.3 is 0 Å². The van der Waals surface area contributed by atoms with E-state index in [0.717, 1.165) is 22.8 Å². The molecule has 0 unspecified atom stereocenters. The number of pyridine rings is 1. The van der Waals surface area contributed by atoms with Gasteiger partial charge in [0.05, 0.1) is 5.69 Å². The van der Waals surface area contributed by atoms with Crippen molar-refractivity contribution < 1.29 is 0 Å². The minimum Gasteiger partial charge on any atom is -0.307 e. The highest BCUT2D eigenvalue weighted by atomic mass is 35.5. The first-order chi connectivity index (χ1) is 7.81. The van der Waals surface area contributed by atoms with Crippen LogP contribution in [0.4, 0.5) is 0 Å². The summed E-state index contributed by atoms with van der Waals surface area (Å²) in [5, 5.41) is 2.81. The molecule has 0 aliphatic heterocycles. The van der Waals surface area contributed by atoms with Crippen LogP contribution in [0.3, 0.4) is 0 Å². The fourth-order valence-corrected chi connectivity index (χ4v) is 2.56. The van der Waals surface area contributed by atoms with E-state index in [9.17, 15) is 0 Å². The molecule has 0 atom stereocenters. The van der Waals surface area contributed by atoms with Crippen LogP contribution in [0.2, 0.25) is 5.02 Å². The molecule has 80 valence electrons. The molecule has 0 saturated heterocycles. The van der Waals surface area contributed by atoms with Crippen molar-refractivity contribution in [2.24, 2.45) is 0 Å². The van der Waals surface area contributed by atoms with Gasteiger partial charge in [-0.3, -0.25) is 0 Å². The predicted molar refractivity (Wildman–Crippen MR) is 67.3 cm³/mol. The number of imidazole rings is 1. The Balaban J connectivity index is 1.99. The van der Waals surface area contributed by atoms with E-state index in [1.165, 1.54) is 4.88 Å². The molecule has 0 aliphatic carbocycles. The van der Waals surface area contributed by atoms with Crippen LogP contribution in [-0.2, 0) is 6.42 Å². The number of nitrogens with zero attached hydrogens (tertiary/aromatic N) is 2. The molecule has 3 aromatic rings. The van der Waals surface area contributed by atoms with E-state index in [4.69, 9.17) is 11.6 Å². The minimum atomic E-state index is 0.723. The number of fused-ring (bicyclic) bond motifs is 1. The smallest absolute Gasteiger partial charge is 0.138 e. The number of halogens is 1. The first-order valence-corrected chi connectivity index (χ1v) is 6.22. The van der Waals surface area contributed by atoms with Crippen molar-refractivity contribution in [2.45, 2.75) is 6.42 Å². The van der Waals surface area contributed by atoms with Crippen LogP contribution in [0.25, 0.3) is 5.65 Å². The van der Waals surface area contributed by atoms with Crippen molar-refractivity contribution >= 4 is 28.6 Å². The Kier molecular flexibility index (Phi) is 2.42. The molecule has 3 heterocycles. The Morgan fingerprint density at radius 2 is 2.31 bits per heavy atom. The quantitative estimate of drug-likeness (QED) is 0.677. The topological polar surface area (TPSA) is 17.3 Å². The molecule has 0 amide bonds. The number of aromatic nitrogens is 2. The molecule has 0 aliphatic rings. The second kappa shape index (κ2) is 3.92. The summed E-state index contributed by atoms with van der Waals surface area (Å²) in [7, 11) is 0. The van der Waals surface area contributed by atoms with Gasteiger partial charge in [0.1, 0.15) is 5.65 Å². The van der Waals surface area contributed by atoms with Gasteiger partial charge in [-0.05, 0) is 23.6 Å². The highest BCUT2D eigenvalue weighted by Gasteiger charge is 2.03. The highest BCUT2D eigenvalue weighted by Crippen LogP contribution is 2.16. The van der Waals surface area contributed by atoms with Gasteiger partial charge in [0.15, 0.2) is 0 Å². The first kappa shape index (κ1) is 9.87. The lowest BCUT2D eigenvalue weighted by Gasteiger charge is -1.91. The zero-order valence-electron chi connectivity index (χ0n) is 8.43. The third-order valence-electron chi connectivity index (χ3n) is 2.41. The molecule has 3 rings (SSSR count). The second-order valence-corrected chi connectivity index (χ2v) is 5.07.